The third-order valence-electron chi connectivity index (χ3n) is 4.14. The number of phosphoric ester groups is 1. The number of hydrogen-bond acceptors (Lipinski definition) is 2. The Morgan fingerprint density at radius 2 is 1.40 bits per heavy atom. The molecule has 0 atom stereocenters. The van der Waals surface area contributed by atoms with Crippen molar-refractivity contribution in [3.8, 4) is 16.9 Å². The molecule has 0 aromatic heterocycles. The molecule has 0 aliphatic carbocycles. The van der Waals surface area contributed by atoms with Crippen LogP contribution in [-0.4, -0.2) is 9.79 Å². The Bertz CT molecular complexity index is 1130. The first kappa shape index (κ1) is 15.9. The number of fused-ring (bicyclic) bond motifs is 3. The van der Waals surface area contributed by atoms with E-state index in [1.807, 2.05) is 36.4 Å². The molecule has 0 fully saturated rings. The molecule has 0 radical (unpaired) electrons. The average molecular weight is 350 g/mol. The largest absolute Gasteiger partial charge is 0.524 e. The third kappa shape index (κ3) is 3.15. The van der Waals surface area contributed by atoms with Crippen molar-refractivity contribution in [2.45, 2.75) is 0 Å². The third-order valence-corrected chi connectivity index (χ3v) is 4.59. The summed E-state index contributed by atoms with van der Waals surface area (Å²) in [7, 11) is -4.59. The fourth-order valence-corrected chi connectivity index (χ4v) is 3.54. The first-order valence-electron chi connectivity index (χ1n) is 7.77. The van der Waals surface area contributed by atoms with Crippen LogP contribution in [0.15, 0.2) is 78.9 Å². The molecule has 4 nitrogen and oxygen atoms in total. The van der Waals surface area contributed by atoms with Crippen molar-refractivity contribution in [1.29, 1.82) is 0 Å². The first-order chi connectivity index (χ1) is 12.0. The molecule has 4 aromatic carbocycles. The molecular weight excluding hydrogens is 335 g/mol. The second-order valence-electron chi connectivity index (χ2n) is 5.80. The van der Waals surface area contributed by atoms with E-state index >= 15 is 0 Å². The predicted molar refractivity (Wildman–Crippen MR) is 99.6 cm³/mol. The molecule has 0 bridgehead atoms. The Morgan fingerprint density at radius 1 is 0.720 bits per heavy atom. The zero-order valence-electron chi connectivity index (χ0n) is 13.2. The van der Waals surface area contributed by atoms with Crippen LogP contribution in [0.5, 0.6) is 5.75 Å². The minimum absolute atomic E-state index is 0.142. The Labute approximate surface area is 144 Å². The number of phosphoric acid groups is 1. The SMILES string of the molecule is O=P(O)(O)Oc1cccc(-c2cc3ccccc3c3ccccc23)c1. The molecule has 0 aliphatic rings. The fraction of sp³-hybridized carbons (Fsp3) is 0. The van der Waals surface area contributed by atoms with Gasteiger partial charge in [-0.25, -0.2) is 4.57 Å². The van der Waals surface area contributed by atoms with E-state index in [1.54, 1.807) is 12.1 Å². The highest BCUT2D eigenvalue weighted by molar-refractivity contribution is 7.46. The maximum atomic E-state index is 11.1. The second kappa shape index (κ2) is 6.01. The summed E-state index contributed by atoms with van der Waals surface area (Å²) >= 11 is 0. The highest BCUT2D eigenvalue weighted by atomic mass is 31.2. The molecule has 0 aliphatic heterocycles. The van der Waals surface area contributed by atoms with Crippen LogP contribution in [0.25, 0.3) is 32.7 Å². The molecule has 5 heteroatoms. The molecular formula is C20H15O4P. The summed E-state index contributed by atoms with van der Waals surface area (Å²) in [5.74, 6) is 0.142. The van der Waals surface area contributed by atoms with E-state index in [4.69, 9.17) is 14.3 Å². The average Bonchev–Trinajstić information content (AvgIpc) is 2.60. The lowest BCUT2D eigenvalue weighted by atomic mass is 9.93. The van der Waals surface area contributed by atoms with Crippen LogP contribution in [0.1, 0.15) is 0 Å². The zero-order chi connectivity index (χ0) is 17.4. The van der Waals surface area contributed by atoms with Crippen LogP contribution in [0, 0.1) is 0 Å². The van der Waals surface area contributed by atoms with Gasteiger partial charge in [0.25, 0.3) is 0 Å². The smallest absolute Gasteiger partial charge is 0.404 e. The molecule has 0 spiro atoms. The van der Waals surface area contributed by atoms with Crippen LogP contribution in [-0.2, 0) is 4.57 Å². The molecule has 25 heavy (non-hydrogen) atoms. The van der Waals surface area contributed by atoms with Crippen LogP contribution >= 0.6 is 7.82 Å². The van der Waals surface area contributed by atoms with Crippen molar-refractivity contribution in [3.05, 3.63) is 78.9 Å². The number of benzene rings is 4. The summed E-state index contributed by atoms with van der Waals surface area (Å²) in [6, 6.07) is 25.2. The van der Waals surface area contributed by atoms with Gasteiger partial charge in [-0.1, -0.05) is 60.7 Å². The summed E-state index contributed by atoms with van der Waals surface area (Å²) in [6.07, 6.45) is 0. The highest BCUT2D eigenvalue weighted by Crippen LogP contribution is 2.40. The van der Waals surface area contributed by atoms with E-state index in [1.165, 1.54) is 11.5 Å². The molecule has 0 saturated heterocycles. The van der Waals surface area contributed by atoms with Gasteiger partial charge < -0.3 is 4.52 Å². The predicted octanol–water partition coefficient (Wildman–Crippen LogP) is 5.13. The quantitative estimate of drug-likeness (QED) is 0.397. The lowest BCUT2D eigenvalue weighted by Gasteiger charge is -2.12. The molecule has 4 rings (SSSR count). The molecule has 0 unspecified atom stereocenters. The Hall–Kier alpha value is -2.65. The highest BCUT2D eigenvalue weighted by Gasteiger charge is 2.16. The zero-order valence-corrected chi connectivity index (χ0v) is 14.1. The van der Waals surface area contributed by atoms with Gasteiger partial charge in [0.15, 0.2) is 0 Å². The summed E-state index contributed by atoms with van der Waals surface area (Å²) in [5.41, 5.74) is 1.83. The van der Waals surface area contributed by atoms with Crippen LogP contribution in [0.3, 0.4) is 0 Å². The molecule has 0 heterocycles. The summed E-state index contributed by atoms with van der Waals surface area (Å²) in [5, 5.41) is 4.49. The van der Waals surface area contributed by atoms with E-state index in [9.17, 15) is 4.57 Å². The van der Waals surface area contributed by atoms with Gasteiger partial charge in [-0.3, -0.25) is 9.79 Å². The maximum Gasteiger partial charge on any atom is 0.524 e. The minimum atomic E-state index is -4.59. The van der Waals surface area contributed by atoms with Gasteiger partial charge in [0, 0.05) is 0 Å². The molecule has 124 valence electrons. The van der Waals surface area contributed by atoms with Crippen LogP contribution in [0.4, 0.5) is 0 Å². The monoisotopic (exact) mass is 350 g/mol. The fourth-order valence-electron chi connectivity index (χ4n) is 3.15. The van der Waals surface area contributed by atoms with Gasteiger partial charge in [0.2, 0.25) is 0 Å². The van der Waals surface area contributed by atoms with Gasteiger partial charge in [0.1, 0.15) is 5.75 Å². The lowest BCUT2D eigenvalue weighted by molar-refractivity contribution is 0.283. The Morgan fingerprint density at radius 3 is 2.16 bits per heavy atom. The van der Waals surface area contributed by atoms with Gasteiger partial charge >= 0.3 is 7.82 Å². The first-order valence-corrected chi connectivity index (χ1v) is 9.30. The van der Waals surface area contributed by atoms with Crippen molar-refractivity contribution in [2.24, 2.45) is 0 Å². The van der Waals surface area contributed by atoms with Gasteiger partial charge in [0.05, 0.1) is 0 Å². The minimum Gasteiger partial charge on any atom is -0.404 e. The van der Waals surface area contributed by atoms with E-state index in [-0.39, 0.29) is 5.75 Å². The van der Waals surface area contributed by atoms with E-state index in [0.29, 0.717) is 0 Å². The Kier molecular flexibility index (Phi) is 3.81. The molecule has 2 N–H and O–H groups in total. The lowest BCUT2D eigenvalue weighted by Crippen LogP contribution is -1.91. The Balaban J connectivity index is 1.97. The summed E-state index contributed by atoms with van der Waals surface area (Å²) in [6.45, 7) is 0. The van der Waals surface area contributed by atoms with Crippen molar-refractivity contribution in [2.75, 3.05) is 0 Å². The number of rotatable bonds is 3. The van der Waals surface area contributed by atoms with E-state index in [0.717, 1.165) is 27.3 Å². The normalized spacial score (nSPS) is 11.8. The van der Waals surface area contributed by atoms with Crippen molar-refractivity contribution < 1.29 is 18.9 Å². The number of hydrogen-bond donors (Lipinski definition) is 2. The molecule has 4 aromatic rings. The maximum absolute atomic E-state index is 11.1. The van der Waals surface area contributed by atoms with Gasteiger partial charge in [-0.2, -0.15) is 0 Å². The van der Waals surface area contributed by atoms with Crippen LogP contribution < -0.4 is 4.52 Å². The molecule has 0 saturated carbocycles. The van der Waals surface area contributed by atoms with Crippen LogP contribution in [0.2, 0.25) is 0 Å². The van der Waals surface area contributed by atoms with Gasteiger partial charge in [-0.15, -0.1) is 0 Å². The van der Waals surface area contributed by atoms with E-state index in [2.05, 4.69) is 24.3 Å². The van der Waals surface area contributed by atoms with E-state index < -0.39 is 7.82 Å². The molecule has 0 amide bonds. The van der Waals surface area contributed by atoms with Crippen molar-refractivity contribution in [1.82, 2.24) is 0 Å². The summed E-state index contributed by atoms with van der Waals surface area (Å²) in [4.78, 5) is 18.1. The second-order valence-corrected chi connectivity index (χ2v) is 6.96. The standard InChI is InChI=1S/C20H15O4P/c21-25(22,23)24-16-8-5-7-14(12-16)20-13-15-6-1-2-9-17(15)18-10-3-4-11-19(18)20/h1-13H,(H2,21,22,23). The van der Waals surface area contributed by atoms with Crippen molar-refractivity contribution >= 4 is 29.4 Å². The van der Waals surface area contributed by atoms with Crippen molar-refractivity contribution in [3.63, 3.8) is 0 Å². The summed E-state index contributed by atoms with van der Waals surface area (Å²) < 4.78 is 15.8. The topological polar surface area (TPSA) is 66.8 Å². The van der Waals surface area contributed by atoms with Gasteiger partial charge in [-0.05, 0) is 50.9 Å².